The van der Waals surface area contributed by atoms with Gasteiger partial charge < -0.3 is 4.57 Å². The molecule has 17 heavy (non-hydrogen) atoms. The molecule has 0 radical (unpaired) electrons. The van der Waals surface area contributed by atoms with Crippen LogP contribution >= 0.6 is 23.8 Å². The zero-order chi connectivity index (χ0) is 11.7. The first-order chi connectivity index (χ1) is 8.33. The van der Waals surface area contributed by atoms with Gasteiger partial charge in [0.15, 0.2) is 3.95 Å². The lowest BCUT2D eigenvalue weighted by atomic mass is 10.2. The van der Waals surface area contributed by atoms with Crippen LogP contribution in [0.2, 0.25) is 0 Å². The first-order valence-electron chi connectivity index (χ1n) is 4.97. The molecule has 0 aliphatic heterocycles. The van der Waals surface area contributed by atoms with Crippen molar-refractivity contribution < 1.29 is 0 Å². The van der Waals surface area contributed by atoms with E-state index in [4.69, 9.17) is 12.2 Å². The number of aromatic nitrogens is 4. The van der Waals surface area contributed by atoms with Gasteiger partial charge in [-0.3, -0.25) is 4.37 Å². The Morgan fingerprint density at radius 3 is 2.65 bits per heavy atom. The first kappa shape index (κ1) is 10.4. The molecule has 6 heteroatoms. The highest BCUT2D eigenvalue weighted by Gasteiger charge is 2.01. The number of nitrogens with one attached hydrogen (secondary N) is 1. The van der Waals surface area contributed by atoms with Crippen molar-refractivity contribution in [1.29, 1.82) is 0 Å². The minimum atomic E-state index is 0.624. The number of nitrogens with zero attached hydrogens (tertiary/aromatic N) is 3. The molecule has 2 aromatic heterocycles. The lowest BCUT2D eigenvalue weighted by Crippen LogP contribution is -1.89. The van der Waals surface area contributed by atoms with Gasteiger partial charge in [-0.2, -0.15) is 0 Å². The molecule has 0 amide bonds. The van der Waals surface area contributed by atoms with E-state index < -0.39 is 0 Å². The van der Waals surface area contributed by atoms with Gasteiger partial charge in [0.05, 0.1) is 6.33 Å². The number of H-pyrrole nitrogens is 1. The second-order valence-corrected chi connectivity index (χ2v) is 4.89. The van der Waals surface area contributed by atoms with E-state index in [0.717, 1.165) is 17.1 Å². The van der Waals surface area contributed by atoms with E-state index >= 15 is 0 Å². The van der Waals surface area contributed by atoms with E-state index in [9.17, 15) is 0 Å². The van der Waals surface area contributed by atoms with Crippen molar-refractivity contribution in [3.8, 4) is 17.1 Å². The van der Waals surface area contributed by atoms with Crippen molar-refractivity contribution in [3.63, 3.8) is 0 Å². The van der Waals surface area contributed by atoms with E-state index in [2.05, 4.69) is 14.3 Å². The summed E-state index contributed by atoms with van der Waals surface area (Å²) >= 11 is 6.35. The lowest BCUT2D eigenvalue weighted by molar-refractivity contribution is 1.06. The largest absolute Gasteiger partial charge is 0.306 e. The number of hydrogen-bond acceptors (Lipinski definition) is 4. The molecule has 84 valence electrons. The molecule has 0 unspecified atom stereocenters. The summed E-state index contributed by atoms with van der Waals surface area (Å²) in [4.78, 5) is 8.25. The Labute approximate surface area is 107 Å². The standard InChI is InChI=1S/C11H8N4S2/c16-11-13-10(14-17-11)8-1-3-9(4-2-8)15-6-5-12-7-15/h1-7H,(H,13,14,16). The normalized spacial score (nSPS) is 10.6. The number of hydrogen-bond donors (Lipinski definition) is 1. The van der Waals surface area contributed by atoms with Gasteiger partial charge in [-0.25, -0.2) is 9.97 Å². The number of benzene rings is 1. The molecule has 1 aromatic carbocycles. The van der Waals surface area contributed by atoms with Crippen LogP contribution in [-0.4, -0.2) is 18.9 Å². The van der Waals surface area contributed by atoms with Gasteiger partial charge in [-0.1, -0.05) is 0 Å². The molecule has 0 aliphatic rings. The Bertz CT molecular complexity index is 664. The highest BCUT2D eigenvalue weighted by molar-refractivity contribution is 7.73. The fourth-order valence-electron chi connectivity index (χ4n) is 1.56. The molecular formula is C11H8N4S2. The Morgan fingerprint density at radius 1 is 1.24 bits per heavy atom. The molecule has 4 nitrogen and oxygen atoms in total. The van der Waals surface area contributed by atoms with Crippen molar-refractivity contribution in [3.05, 3.63) is 46.9 Å². The zero-order valence-electron chi connectivity index (χ0n) is 8.70. The molecule has 0 spiro atoms. The highest BCUT2D eigenvalue weighted by Crippen LogP contribution is 2.18. The summed E-state index contributed by atoms with van der Waals surface area (Å²) < 4.78 is 5.66. The van der Waals surface area contributed by atoms with Crippen LogP contribution in [0, 0.1) is 3.95 Å². The van der Waals surface area contributed by atoms with Crippen molar-refractivity contribution in [2.75, 3.05) is 0 Å². The van der Waals surface area contributed by atoms with Crippen molar-refractivity contribution in [2.45, 2.75) is 0 Å². The number of imidazole rings is 1. The third-order valence-corrected chi connectivity index (χ3v) is 3.28. The lowest BCUT2D eigenvalue weighted by Gasteiger charge is -2.02. The Balaban J connectivity index is 1.98. The minimum absolute atomic E-state index is 0.624. The molecule has 0 saturated carbocycles. The van der Waals surface area contributed by atoms with Crippen LogP contribution in [0.4, 0.5) is 0 Å². The van der Waals surface area contributed by atoms with Crippen LogP contribution in [0.1, 0.15) is 0 Å². The second-order valence-electron chi connectivity index (χ2n) is 3.45. The molecule has 3 aromatic rings. The van der Waals surface area contributed by atoms with Crippen molar-refractivity contribution >= 4 is 23.8 Å². The van der Waals surface area contributed by atoms with Crippen LogP contribution in [0.15, 0.2) is 43.0 Å². The quantitative estimate of drug-likeness (QED) is 0.720. The smallest absolute Gasteiger partial charge is 0.198 e. The third-order valence-electron chi connectivity index (χ3n) is 2.38. The van der Waals surface area contributed by atoms with Crippen LogP contribution in [0.5, 0.6) is 0 Å². The van der Waals surface area contributed by atoms with Crippen molar-refractivity contribution in [1.82, 2.24) is 18.9 Å². The van der Waals surface area contributed by atoms with E-state index in [1.54, 1.807) is 12.5 Å². The summed E-state index contributed by atoms with van der Waals surface area (Å²) in [6.45, 7) is 0. The maximum atomic E-state index is 4.99. The zero-order valence-corrected chi connectivity index (χ0v) is 10.3. The van der Waals surface area contributed by atoms with Gasteiger partial charge in [0.25, 0.3) is 0 Å². The molecule has 2 heterocycles. The van der Waals surface area contributed by atoms with Crippen LogP contribution in [-0.2, 0) is 0 Å². The summed E-state index contributed by atoms with van der Waals surface area (Å²) in [5.41, 5.74) is 2.10. The summed E-state index contributed by atoms with van der Waals surface area (Å²) in [6, 6.07) is 8.06. The second kappa shape index (κ2) is 4.23. The molecular weight excluding hydrogens is 252 g/mol. The Hall–Kier alpha value is -1.79. The minimum Gasteiger partial charge on any atom is -0.306 e. The molecule has 0 atom stereocenters. The third kappa shape index (κ3) is 2.04. The Kier molecular flexibility index (Phi) is 2.58. The van der Waals surface area contributed by atoms with Gasteiger partial charge in [0.2, 0.25) is 0 Å². The molecule has 1 N–H and O–H groups in total. The van der Waals surface area contributed by atoms with Gasteiger partial charge in [-0.05, 0) is 48.0 Å². The topological polar surface area (TPSA) is 46.5 Å². The SMILES string of the molecule is S=c1nc(-c2ccc(-n3ccnc3)cc2)[nH]s1. The summed E-state index contributed by atoms with van der Waals surface area (Å²) in [5.74, 6) is 0.817. The maximum absolute atomic E-state index is 4.99. The molecule has 0 aliphatic carbocycles. The van der Waals surface area contributed by atoms with Crippen LogP contribution in [0.25, 0.3) is 17.1 Å². The summed E-state index contributed by atoms with van der Waals surface area (Å²) in [6.07, 6.45) is 5.43. The molecule has 3 rings (SSSR count). The maximum Gasteiger partial charge on any atom is 0.198 e. The van der Waals surface area contributed by atoms with E-state index in [1.807, 2.05) is 35.0 Å². The van der Waals surface area contributed by atoms with Crippen LogP contribution in [0.3, 0.4) is 0 Å². The summed E-state index contributed by atoms with van der Waals surface area (Å²) in [5, 5.41) is 0. The predicted molar refractivity (Wildman–Crippen MR) is 69.9 cm³/mol. The average molecular weight is 260 g/mol. The van der Waals surface area contributed by atoms with E-state index in [1.165, 1.54) is 11.5 Å². The van der Waals surface area contributed by atoms with Crippen molar-refractivity contribution in [2.24, 2.45) is 0 Å². The van der Waals surface area contributed by atoms with Crippen LogP contribution < -0.4 is 0 Å². The first-order valence-corrected chi connectivity index (χ1v) is 6.20. The number of rotatable bonds is 2. The van der Waals surface area contributed by atoms with E-state index in [-0.39, 0.29) is 0 Å². The van der Waals surface area contributed by atoms with Gasteiger partial charge in [0, 0.05) is 23.6 Å². The average Bonchev–Trinajstić information content (AvgIpc) is 3.00. The van der Waals surface area contributed by atoms with Gasteiger partial charge in [0.1, 0.15) is 5.82 Å². The Morgan fingerprint density at radius 2 is 2.06 bits per heavy atom. The van der Waals surface area contributed by atoms with Gasteiger partial charge in [-0.15, -0.1) is 0 Å². The molecule has 0 bridgehead atoms. The predicted octanol–water partition coefficient (Wildman–Crippen LogP) is 3.05. The fraction of sp³-hybridized carbons (Fsp3) is 0. The molecule has 0 saturated heterocycles. The van der Waals surface area contributed by atoms with Gasteiger partial charge >= 0.3 is 0 Å². The monoisotopic (exact) mass is 260 g/mol. The molecule has 0 fully saturated rings. The fourth-order valence-corrected chi connectivity index (χ4v) is 2.26. The number of aromatic amines is 1. The summed E-state index contributed by atoms with van der Waals surface area (Å²) in [7, 11) is 0. The van der Waals surface area contributed by atoms with E-state index in [0.29, 0.717) is 3.95 Å². The highest BCUT2D eigenvalue weighted by atomic mass is 32.2.